The topological polar surface area (TPSA) is 72.1 Å². The summed E-state index contributed by atoms with van der Waals surface area (Å²) in [5.41, 5.74) is 1.09. The van der Waals surface area contributed by atoms with Gasteiger partial charge in [0.25, 0.3) is 5.56 Å². The number of nitriles is 1. The standard InChI is InChI=1S/C15H11BrN2O3/c1-9-12(16)8-18(14(19)13(9)15(20)21-2)11-5-3-10(7-17)4-6-11/h3-6,8H,1-2H3. The largest absolute Gasteiger partial charge is 0.465 e. The first-order chi connectivity index (χ1) is 9.99. The molecule has 0 saturated carbocycles. The summed E-state index contributed by atoms with van der Waals surface area (Å²) in [5.74, 6) is -0.679. The van der Waals surface area contributed by atoms with Crippen LogP contribution in [0.3, 0.4) is 0 Å². The summed E-state index contributed by atoms with van der Waals surface area (Å²) in [6, 6.07) is 8.50. The van der Waals surface area contributed by atoms with Crippen LogP contribution in [0.2, 0.25) is 0 Å². The van der Waals surface area contributed by atoms with Crippen LogP contribution in [0.5, 0.6) is 0 Å². The Morgan fingerprint density at radius 1 is 1.33 bits per heavy atom. The molecular weight excluding hydrogens is 336 g/mol. The Kier molecular flexibility index (Phi) is 4.24. The molecule has 21 heavy (non-hydrogen) atoms. The smallest absolute Gasteiger partial charge is 0.343 e. The molecule has 0 aliphatic heterocycles. The van der Waals surface area contributed by atoms with Gasteiger partial charge >= 0.3 is 5.97 Å². The number of ether oxygens (including phenoxy) is 1. The minimum atomic E-state index is -0.679. The highest BCUT2D eigenvalue weighted by molar-refractivity contribution is 9.10. The van der Waals surface area contributed by atoms with Gasteiger partial charge in [-0.3, -0.25) is 9.36 Å². The molecule has 0 aliphatic rings. The third-order valence-corrected chi connectivity index (χ3v) is 3.87. The van der Waals surface area contributed by atoms with Gasteiger partial charge in [0, 0.05) is 16.4 Å². The van der Waals surface area contributed by atoms with Crippen LogP contribution in [0, 0.1) is 18.3 Å². The highest BCUT2D eigenvalue weighted by Crippen LogP contribution is 2.19. The Bertz CT molecular complexity index is 801. The highest BCUT2D eigenvalue weighted by Gasteiger charge is 2.19. The molecule has 0 radical (unpaired) electrons. The van der Waals surface area contributed by atoms with Crippen LogP contribution in [0.15, 0.2) is 39.7 Å². The number of hydrogen-bond acceptors (Lipinski definition) is 4. The molecule has 0 saturated heterocycles. The van der Waals surface area contributed by atoms with Gasteiger partial charge in [-0.05, 0) is 52.7 Å². The maximum atomic E-state index is 12.5. The fraction of sp³-hybridized carbons (Fsp3) is 0.133. The number of hydrogen-bond donors (Lipinski definition) is 0. The summed E-state index contributed by atoms with van der Waals surface area (Å²) < 4.78 is 6.62. The summed E-state index contributed by atoms with van der Waals surface area (Å²) in [6.45, 7) is 1.67. The molecule has 0 unspecified atom stereocenters. The predicted octanol–water partition coefficient (Wildman–Crippen LogP) is 2.57. The van der Waals surface area contributed by atoms with Crippen molar-refractivity contribution in [2.45, 2.75) is 6.92 Å². The number of methoxy groups -OCH3 is 1. The van der Waals surface area contributed by atoms with E-state index in [1.165, 1.54) is 11.7 Å². The lowest BCUT2D eigenvalue weighted by atomic mass is 10.1. The number of carbonyl (C=O) groups is 1. The quantitative estimate of drug-likeness (QED) is 0.783. The van der Waals surface area contributed by atoms with Gasteiger partial charge in [-0.15, -0.1) is 0 Å². The molecule has 106 valence electrons. The first kappa shape index (κ1) is 15.0. The predicted molar refractivity (Wildman–Crippen MR) is 80.5 cm³/mol. The van der Waals surface area contributed by atoms with Crippen molar-refractivity contribution in [1.29, 1.82) is 5.26 Å². The lowest BCUT2D eigenvalue weighted by Crippen LogP contribution is -2.27. The van der Waals surface area contributed by atoms with Crippen LogP contribution in [0.4, 0.5) is 0 Å². The van der Waals surface area contributed by atoms with Crippen molar-refractivity contribution in [3.63, 3.8) is 0 Å². The van der Waals surface area contributed by atoms with E-state index in [4.69, 9.17) is 5.26 Å². The van der Waals surface area contributed by atoms with E-state index >= 15 is 0 Å². The Morgan fingerprint density at radius 3 is 2.48 bits per heavy atom. The van der Waals surface area contributed by atoms with E-state index < -0.39 is 11.5 Å². The normalized spacial score (nSPS) is 10.0. The lowest BCUT2D eigenvalue weighted by molar-refractivity contribution is 0.0597. The van der Waals surface area contributed by atoms with Crippen LogP contribution in [-0.4, -0.2) is 17.6 Å². The Labute approximate surface area is 129 Å². The second-order valence-electron chi connectivity index (χ2n) is 4.30. The van der Waals surface area contributed by atoms with Crippen molar-refractivity contribution >= 4 is 21.9 Å². The second kappa shape index (κ2) is 5.94. The van der Waals surface area contributed by atoms with Crippen molar-refractivity contribution in [2.24, 2.45) is 0 Å². The van der Waals surface area contributed by atoms with Gasteiger partial charge in [-0.1, -0.05) is 0 Å². The number of carbonyl (C=O) groups excluding carboxylic acids is 1. The fourth-order valence-corrected chi connectivity index (χ4v) is 2.30. The molecule has 1 aromatic carbocycles. The van der Waals surface area contributed by atoms with Crippen LogP contribution < -0.4 is 5.56 Å². The zero-order valence-corrected chi connectivity index (χ0v) is 13.0. The molecule has 2 aromatic rings. The van der Waals surface area contributed by atoms with E-state index in [0.29, 0.717) is 21.3 Å². The number of nitrogens with zero attached hydrogens (tertiary/aromatic N) is 2. The summed E-state index contributed by atoms with van der Waals surface area (Å²) in [5, 5.41) is 8.80. The summed E-state index contributed by atoms with van der Waals surface area (Å²) in [6.07, 6.45) is 1.59. The number of aromatic nitrogens is 1. The monoisotopic (exact) mass is 346 g/mol. The first-order valence-corrected chi connectivity index (χ1v) is 6.79. The van der Waals surface area contributed by atoms with Crippen LogP contribution >= 0.6 is 15.9 Å². The number of rotatable bonds is 2. The lowest BCUT2D eigenvalue weighted by Gasteiger charge is -2.11. The van der Waals surface area contributed by atoms with E-state index in [0.717, 1.165) is 0 Å². The molecule has 0 aliphatic carbocycles. The van der Waals surface area contributed by atoms with E-state index in [9.17, 15) is 9.59 Å². The van der Waals surface area contributed by atoms with Gasteiger partial charge in [0.1, 0.15) is 5.56 Å². The molecule has 0 fully saturated rings. The van der Waals surface area contributed by atoms with Gasteiger partial charge in [-0.25, -0.2) is 4.79 Å². The average Bonchev–Trinajstić information content (AvgIpc) is 2.51. The third-order valence-electron chi connectivity index (χ3n) is 3.07. The summed E-state index contributed by atoms with van der Waals surface area (Å²) in [4.78, 5) is 24.3. The minimum Gasteiger partial charge on any atom is -0.465 e. The summed E-state index contributed by atoms with van der Waals surface area (Å²) >= 11 is 3.33. The number of halogens is 1. The Morgan fingerprint density at radius 2 is 1.95 bits per heavy atom. The van der Waals surface area contributed by atoms with Gasteiger partial charge in [0.2, 0.25) is 0 Å². The second-order valence-corrected chi connectivity index (χ2v) is 5.16. The SMILES string of the molecule is COC(=O)c1c(C)c(Br)cn(-c2ccc(C#N)cc2)c1=O. The minimum absolute atomic E-state index is 0.0174. The molecule has 0 atom stereocenters. The van der Waals surface area contributed by atoms with E-state index in [1.54, 1.807) is 37.4 Å². The number of esters is 1. The maximum Gasteiger partial charge on any atom is 0.343 e. The van der Waals surface area contributed by atoms with Crippen LogP contribution in [0.1, 0.15) is 21.5 Å². The highest BCUT2D eigenvalue weighted by atomic mass is 79.9. The Balaban J connectivity index is 2.70. The molecule has 6 heteroatoms. The molecule has 1 aromatic heterocycles. The van der Waals surface area contributed by atoms with E-state index in [1.807, 2.05) is 6.07 Å². The van der Waals surface area contributed by atoms with Gasteiger partial charge in [0.15, 0.2) is 0 Å². The van der Waals surface area contributed by atoms with E-state index in [2.05, 4.69) is 20.7 Å². The molecular formula is C15H11BrN2O3. The van der Waals surface area contributed by atoms with Crippen LogP contribution in [0.25, 0.3) is 5.69 Å². The maximum absolute atomic E-state index is 12.5. The fourth-order valence-electron chi connectivity index (χ4n) is 1.90. The average molecular weight is 347 g/mol. The Hall–Kier alpha value is -2.39. The number of benzene rings is 1. The van der Waals surface area contributed by atoms with E-state index in [-0.39, 0.29) is 5.56 Å². The first-order valence-electron chi connectivity index (χ1n) is 6.00. The van der Waals surface area contributed by atoms with Crippen molar-refractivity contribution < 1.29 is 9.53 Å². The van der Waals surface area contributed by atoms with Gasteiger partial charge < -0.3 is 4.74 Å². The molecule has 0 spiro atoms. The van der Waals surface area contributed by atoms with Crippen molar-refractivity contribution in [3.05, 3.63) is 62.0 Å². The van der Waals surface area contributed by atoms with Crippen LogP contribution in [-0.2, 0) is 4.74 Å². The third kappa shape index (κ3) is 2.73. The molecule has 2 rings (SSSR count). The molecule has 1 heterocycles. The molecule has 0 amide bonds. The zero-order valence-electron chi connectivity index (χ0n) is 11.4. The molecule has 0 N–H and O–H groups in total. The van der Waals surface area contributed by atoms with Crippen molar-refractivity contribution in [1.82, 2.24) is 4.57 Å². The summed E-state index contributed by atoms with van der Waals surface area (Å²) in [7, 11) is 1.23. The number of pyridine rings is 1. The van der Waals surface area contributed by atoms with Crippen molar-refractivity contribution in [3.8, 4) is 11.8 Å². The zero-order chi connectivity index (χ0) is 15.6. The van der Waals surface area contributed by atoms with Crippen molar-refractivity contribution in [2.75, 3.05) is 7.11 Å². The van der Waals surface area contributed by atoms with Gasteiger partial charge in [0.05, 0.1) is 18.7 Å². The van der Waals surface area contributed by atoms with Gasteiger partial charge in [-0.2, -0.15) is 5.26 Å². The molecule has 0 bridgehead atoms. The molecule has 5 nitrogen and oxygen atoms in total.